The van der Waals surface area contributed by atoms with E-state index in [9.17, 15) is 9.59 Å². The number of ether oxygens (including phenoxy) is 1. The third kappa shape index (κ3) is 2.96. The molecule has 0 bridgehead atoms. The number of ketones is 1. The van der Waals surface area contributed by atoms with Gasteiger partial charge >= 0.3 is 5.97 Å². The fourth-order valence-electron chi connectivity index (χ4n) is 2.11. The van der Waals surface area contributed by atoms with Gasteiger partial charge in [0.05, 0.1) is 0 Å². The van der Waals surface area contributed by atoms with E-state index in [0.717, 1.165) is 23.0 Å². The van der Waals surface area contributed by atoms with Crippen LogP contribution in [0.1, 0.15) is 29.4 Å². The van der Waals surface area contributed by atoms with E-state index in [4.69, 9.17) is 4.74 Å². The van der Waals surface area contributed by atoms with Crippen molar-refractivity contribution >= 4 is 22.7 Å². The van der Waals surface area contributed by atoms with Crippen molar-refractivity contribution in [1.82, 2.24) is 4.98 Å². The highest BCUT2D eigenvalue weighted by molar-refractivity contribution is 6.10. The molecule has 0 saturated heterocycles. The summed E-state index contributed by atoms with van der Waals surface area (Å²) in [7, 11) is 0. The maximum atomic E-state index is 12.2. The zero-order valence-corrected chi connectivity index (χ0v) is 11.6. The largest absolute Gasteiger partial charge is 0.454 e. The van der Waals surface area contributed by atoms with Gasteiger partial charge in [0.1, 0.15) is 0 Å². The van der Waals surface area contributed by atoms with Crippen LogP contribution in [0.5, 0.6) is 0 Å². The number of hydrogen-bond donors (Lipinski definition) is 1. The summed E-state index contributed by atoms with van der Waals surface area (Å²) in [5.74, 6) is -0.684. The van der Waals surface area contributed by atoms with Crippen molar-refractivity contribution in [3.8, 4) is 0 Å². The molecule has 0 spiro atoms. The number of benzene rings is 1. The summed E-state index contributed by atoms with van der Waals surface area (Å²) in [4.78, 5) is 26.7. The fraction of sp³-hybridized carbons (Fsp3) is 0.250. The Kier molecular flexibility index (Phi) is 4.35. The topological polar surface area (TPSA) is 59.2 Å². The van der Waals surface area contributed by atoms with Crippen molar-refractivity contribution in [2.45, 2.75) is 20.3 Å². The molecule has 0 atom stereocenters. The highest BCUT2D eigenvalue weighted by Crippen LogP contribution is 2.22. The minimum atomic E-state index is -0.488. The number of aryl methyl sites for hydroxylation is 1. The molecule has 0 aliphatic heterocycles. The third-order valence-corrected chi connectivity index (χ3v) is 3.01. The lowest BCUT2D eigenvalue weighted by atomic mass is 10.1. The molecule has 2 rings (SSSR count). The first-order chi connectivity index (χ1) is 9.63. The molecule has 0 amide bonds. The summed E-state index contributed by atoms with van der Waals surface area (Å²) in [5, 5.41) is 0.857. The van der Waals surface area contributed by atoms with Crippen LogP contribution in [0.25, 0.3) is 10.9 Å². The van der Waals surface area contributed by atoms with Crippen LogP contribution in [0.15, 0.2) is 36.4 Å². The Bertz CT molecular complexity index is 667. The Morgan fingerprint density at radius 1 is 1.30 bits per heavy atom. The number of Topliss-reactive ketones (excluding diaryl/α,β-unsaturated/α-hetero) is 1. The zero-order chi connectivity index (χ0) is 14.5. The van der Waals surface area contributed by atoms with Crippen LogP contribution in [0.3, 0.4) is 0 Å². The van der Waals surface area contributed by atoms with Gasteiger partial charge in [-0.1, -0.05) is 31.2 Å². The number of aromatic nitrogens is 1. The van der Waals surface area contributed by atoms with E-state index in [1.54, 1.807) is 6.08 Å². The van der Waals surface area contributed by atoms with Gasteiger partial charge in [0.2, 0.25) is 5.78 Å². The fourth-order valence-corrected chi connectivity index (χ4v) is 2.11. The summed E-state index contributed by atoms with van der Waals surface area (Å²) in [6.07, 6.45) is 3.80. The Morgan fingerprint density at radius 2 is 2.05 bits per heavy atom. The standard InChI is InChI=1S/C16H17NO3/c1-3-4-9-15(19)20-10-14(18)16-11(2)17-13-8-6-5-7-12(13)16/h4-9,17H,3,10H2,1-2H3/b9-4+. The van der Waals surface area contributed by atoms with Crippen molar-refractivity contribution in [3.63, 3.8) is 0 Å². The van der Waals surface area contributed by atoms with Crippen LogP contribution in [-0.4, -0.2) is 23.3 Å². The Hall–Kier alpha value is -2.36. The molecule has 4 heteroatoms. The molecule has 0 aliphatic carbocycles. The monoisotopic (exact) mass is 271 g/mol. The van der Waals surface area contributed by atoms with E-state index < -0.39 is 5.97 Å². The van der Waals surface area contributed by atoms with E-state index in [2.05, 4.69) is 4.98 Å². The molecule has 1 heterocycles. The number of rotatable bonds is 5. The van der Waals surface area contributed by atoms with Crippen LogP contribution >= 0.6 is 0 Å². The highest BCUT2D eigenvalue weighted by Gasteiger charge is 2.16. The molecule has 4 nitrogen and oxygen atoms in total. The Balaban J connectivity index is 2.14. The van der Waals surface area contributed by atoms with Crippen molar-refractivity contribution in [2.24, 2.45) is 0 Å². The third-order valence-electron chi connectivity index (χ3n) is 3.01. The van der Waals surface area contributed by atoms with Gasteiger partial charge in [-0.15, -0.1) is 0 Å². The zero-order valence-electron chi connectivity index (χ0n) is 11.6. The molecule has 1 aromatic carbocycles. The average molecular weight is 271 g/mol. The summed E-state index contributed by atoms with van der Waals surface area (Å²) >= 11 is 0. The lowest BCUT2D eigenvalue weighted by Crippen LogP contribution is -2.13. The first-order valence-electron chi connectivity index (χ1n) is 6.57. The number of H-pyrrole nitrogens is 1. The molecule has 0 aliphatic rings. The van der Waals surface area contributed by atoms with Crippen molar-refractivity contribution in [2.75, 3.05) is 6.61 Å². The van der Waals surface area contributed by atoms with Gasteiger partial charge in [0, 0.05) is 28.2 Å². The number of allylic oxidation sites excluding steroid dienone is 1. The van der Waals surface area contributed by atoms with Crippen molar-refractivity contribution in [3.05, 3.63) is 47.7 Å². The van der Waals surface area contributed by atoms with Crippen molar-refractivity contribution < 1.29 is 14.3 Å². The molecule has 0 saturated carbocycles. The average Bonchev–Trinajstić information content (AvgIpc) is 2.78. The van der Waals surface area contributed by atoms with E-state index >= 15 is 0 Å². The maximum absolute atomic E-state index is 12.2. The molecule has 0 radical (unpaired) electrons. The number of esters is 1. The summed E-state index contributed by atoms with van der Waals surface area (Å²) in [5.41, 5.74) is 2.29. The minimum absolute atomic E-state index is 0.196. The quantitative estimate of drug-likeness (QED) is 0.516. The normalized spacial score (nSPS) is 11.1. The van der Waals surface area contributed by atoms with Gasteiger partial charge in [-0.25, -0.2) is 4.79 Å². The lowest BCUT2D eigenvalue weighted by molar-refractivity contribution is -0.136. The maximum Gasteiger partial charge on any atom is 0.330 e. The molecule has 104 valence electrons. The minimum Gasteiger partial charge on any atom is -0.454 e. The first kappa shape index (κ1) is 14.1. The Labute approximate surface area is 117 Å². The summed E-state index contributed by atoms with van der Waals surface area (Å²) < 4.78 is 4.94. The van der Waals surface area contributed by atoms with Gasteiger partial charge in [-0.3, -0.25) is 4.79 Å². The van der Waals surface area contributed by atoms with E-state index in [1.807, 2.05) is 38.1 Å². The van der Waals surface area contributed by atoms with Gasteiger partial charge in [-0.2, -0.15) is 0 Å². The molecule has 0 fully saturated rings. The second-order valence-electron chi connectivity index (χ2n) is 4.51. The summed E-state index contributed by atoms with van der Waals surface area (Å²) in [6, 6.07) is 7.57. The van der Waals surface area contributed by atoms with Crippen LogP contribution in [-0.2, 0) is 9.53 Å². The van der Waals surface area contributed by atoms with E-state index in [-0.39, 0.29) is 12.4 Å². The SMILES string of the molecule is CC/C=C/C(=O)OCC(=O)c1c(C)[nH]c2ccccc12. The van der Waals surface area contributed by atoms with Gasteiger partial charge < -0.3 is 9.72 Å². The molecule has 1 aromatic heterocycles. The number of para-hydroxylation sites is 1. The molecule has 0 unspecified atom stereocenters. The molecular weight excluding hydrogens is 254 g/mol. The molecular formula is C16H17NO3. The van der Waals surface area contributed by atoms with Crippen LogP contribution in [0.2, 0.25) is 0 Å². The van der Waals surface area contributed by atoms with Gasteiger partial charge in [0.15, 0.2) is 6.61 Å². The van der Waals surface area contributed by atoms with E-state index in [0.29, 0.717) is 5.56 Å². The number of nitrogens with one attached hydrogen (secondary N) is 1. The first-order valence-corrected chi connectivity index (χ1v) is 6.57. The van der Waals surface area contributed by atoms with Gasteiger partial charge in [-0.05, 0) is 19.4 Å². The number of fused-ring (bicyclic) bond motifs is 1. The van der Waals surface area contributed by atoms with Gasteiger partial charge in [0.25, 0.3) is 0 Å². The number of aromatic amines is 1. The predicted molar refractivity (Wildman–Crippen MR) is 77.8 cm³/mol. The Morgan fingerprint density at radius 3 is 2.80 bits per heavy atom. The lowest BCUT2D eigenvalue weighted by Gasteiger charge is -2.02. The molecule has 1 N–H and O–H groups in total. The molecule has 20 heavy (non-hydrogen) atoms. The van der Waals surface area contributed by atoms with Crippen LogP contribution < -0.4 is 0 Å². The number of carbonyl (C=O) groups is 2. The number of carbonyl (C=O) groups excluding carboxylic acids is 2. The number of hydrogen-bond acceptors (Lipinski definition) is 3. The second-order valence-corrected chi connectivity index (χ2v) is 4.51. The van der Waals surface area contributed by atoms with Crippen molar-refractivity contribution in [1.29, 1.82) is 0 Å². The molecule has 2 aromatic rings. The smallest absolute Gasteiger partial charge is 0.330 e. The second kappa shape index (κ2) is 6.19. The predicted octanol–water partition coefficient (Wildman–Crippen LogP) is 3.17. The highest BCUT2D eigenvalue weighted by atomic mass is 16.5. The summed E-state index contributed by atoms with van der Waals surface area (Å²) in [6.45, 7) is 3.52. The van der Waals surface area contributed by atoms with Crippen LogP contribution in [0.4, 0.5) is 0 Å². The van der Waals surface area contributed by atoms with E-state index in [1.165, 1.54) is 6.08 Å². The van der Waals surface area contributed by atoms with Crippen LogP contribution in [0, 0.1) is 6.92 Å².